The third kappa shape index (κ3) is 2.51. The van der Waals surface area contributed by atoms with Crippen LogP contribution in [0, 0.1) is 10.1 Å². The number of sulfone groups is 1. The van der Waals surface area contributed by atoms with Crippen LogP contribution in [0.5, 0.6) is 5.75 Å². The van der Waals surface area contributed by atoms with E-state index in [9.17, 15) is 18.5 Å². The number of ether oxygens (including phenoxy) is 1. The van der Waals surface area contributed by atoms with Gasteiger partial charge in [-0.3, -0.25) is 10.1 Å². The molecule has 2 aromatic rings. The molecule has 0 aliphatic rings. The highest BCUT2D eigenvalue weighted by molar-refractivity contribution is 7.92. The average molecular weight is 302 g/mol. The first-order valence-corrected chi connectivity index (χ1v) is 7.96. The molecule has 0 aliphatic carbocycles. The van der Waals surface area contributed by atoms with Crippen molar-refractivity contribution in [2.45, 2.75) is 11.3 Å². The Labute approximate surface area is 112 Å². The molecule has 0 atom stereocenters. The van der Waals surface area contributed by atoms with E-state index in [0.717, 1.165) is 17.6 Å². The van der Waals surface area contributed by atoms with Crippen LogP contribution in [0.1, 0.15) is 6.92 Å². The maximum Gasteiger partial charge on any atom is 0.337 e. The fourth-order valence-electron chi connectivity index (χ4n) is 1.55. The SMILES string of the molecule is CCOc1ccc2sc(S(C)(=O)=O)nc2c1[N+](=O)[O-]. The molecule has 0 bridgehead atoms. The van der Waals surface area contributed by atoms with Gasteiger partial charge in [0.1, 0.15) is 0 Å². The summed E-state index contributed by atoms with van der Waals surface area (Å²) < 4.78 is 28.4. The Morgan fingerprint density at radius 2 is 2.16 bits per heavy atom. The Hall–Kier alpha value is -1.74. The topological polar surface area (TPSA) is 99.4 Å². The van der Waals surface area contributed by atoms with Crippen molar-refractivity contribution in [1.29, 1.82) is 0 Å². The molecule has 1 heterocycles. The lowest BCUT2D eigenvalue weighted by Crippen LogP contribution is -1.99. The summed E-state index contributed by atoms with van der Waals surface area (Å²) in [6, 6.07) is 3.02. The second-order valence-electron chi connectivity index (χ2n) is 3.70. The summed E-state index contributed by atoms with van der Waals surface area (Å²) in [6.07, 6.45) is 1.01. The number of fused-ring (bicyclic) bond motifs is 1. The summed E-state index contributed by atoms with van der Waals surface area (Å²) >= 11 is 0.904. The molecule has 102 valence electrons. The summed E-state index contributed by atoms with van der Waals surface area (Å²) in [4.78, 5) is 14.4. The largest absolute Gasteiger partial charge is 0.487 e. The van der Waals surface area contributed by atoms with E-state index in [0.29, 0.717) is 4.70 Å². The Balaban J connectivity index is 2.78. The number of benzene rings is 1. The van der Waals surface area contributed by atoms with Gasteiger partial charge in [-0.15, -0.1) is 11.3 Å². The predicted octanol–water partition coefficient (Wildman–Crippen LogP) is 2.01. The maximum absolute atomic E-state index is 11.4. The zero-order chi connectivity index (χ0) is 14.2. The smallest absolute Gasteiger partial charge is 0.337 e. The van der Waals surface area contributed by atoms with E-state index in [1.165, 1.54) is 6.07 Å². The highest BCUT2D eigenvalue weighted by Crippen LogP contribution is 2.38. The Bertz CT molecular complexity index is 751. The summed E-state index contributed by atoms with van der Waals surface area (Å²) in [5.74, 6) is 0.0883. The van der Waals surface area contributed by atoms with Gasteiger partial charge in [-0.25, -0.2) is 13.4 Å². The minimum atomic E-state index is -3.49. The maximum atomic E-state index is 11.4. The molecule has 0 aliphatic heterocycles. The van der Waals surface area contributed by atoms with Crippen molar-refractivity contribution in [2.24, 2.45) is 0 Å². The van der Waals surface area contributed by atoms with Crippen molar-refractivity contribution in [3.63, 3.8) is 0 Å². The van der Waals surface area contributed by atoms with Gasteiger partial charge in [-0.2, -0.15) is 0 Å². The molecule has 0 unspecified atom stereocenters. The van der Waals surface area contributed by atoms with Gasteiger partial charge in [-0.1, -0.05) is 0 Å². The van der Waals surface area contributed by atoms with Crippen LogP contribution >= 0.6 is 11.3 Å². The highest BCUT2D eigenvalue weighted by Gasteiger charge is 2.25. The third-order valence-corrected chi connectivity index (χ3v) is 4.98. The van der Waals surface area contributed by atoms with Crippen LogP contribution in [0.3, 0.4) is 0 Å². The molecule has 0 saturated heterocycles. The van der Waals surface area contributed by atoms with Gasteiger partial charge in [0.15, 0.2) is 11.3 Å². The van der Waals surface area contributed by atoms with Crippen molar-refractivity contribution < 1.29 is 18.1 Å². The van der Waals surface area contributed by atoms with E-state index < -0.39 is 14.8 Å². The van der Waals surface area contributed by atoms with Crippen LogP contribution in [0.25, 0.3) is 10.2 Å². The number of nitrogens with zero attached hydrogens (tertiary/aromatic N) is 2. The Morgan fingerprint density at radius 3 is 2.68 bits per heavy atom. The molecular formula is C10H10N2O5S2. The minimum absolute atomic E-state index is 0.0429. The number of nitro groups is 1. The highest BCUT2D eigenvalue weighted by atomic mass is 32.2. The monoisotopic (exact) mass is 302 g/mol. The number of hydrogen-bond donors (Lipinski definition) is 0. The predicted molar refractivity (Wildman–Crippen MR) is 70.6 cm³/mol. The number of hydrogen-bond acceptors (Lipinski definition) is 7. The van der Waals surface area contributed by atoms with Crippen molar-refractivity contribution in [3.8, 4) is 5.75 Å². The molecule has 9 heteroatoms. The molecule has 0 fully saturated rings. The van der Waals surface area contributed by atoms with E-state index in [1.807, 2.05) is 0 Å². The Kier molecular flexibility index (Phi) is 3.42. The lowest BCUT2D eigenvalue weighted by Gasteiger charge is -2.03. The molecule has 0 spiro atoms. The van der Waals surface area contributed by atoms with Gasteiger partial charge >= 0.3 is 5.69 Å². The Morgan fingerprint density at radius 1 is 1.47 bits per heavy atom. The number of thiazole rings is 1. The van der Waals surface area contributed by atoms with E-state index in [1.54, 1.807) is 13.0 Å². The van der Waals surface area contributed by atoms with Crippen molar-refractivity contribution in [3.05, 3.63) is 22.2 Å². The van der Waals surface area contributed by atoms with Crippen LogP contribution in [0.2, 0.25) is 0 Å². The molecular weight excluding hydrogens is 292 g/mol. The van der Waals surface area contributed by atoms with Crippen LogP contribution in [-0.2, 0) is 9.84 Å². The first-order valence-electron chi connectivity index (χ1n) is 5.25. The molecule has 7 nitrogen and oxygen atoms in total. The number of aromatic nitrogens is 1. The van der Waals surface area contributed by atoms with Gasteiger partial charge in [0.25, 0.3) is 0 Å². The van der Waals surface area contributed by atoms with Crippen LogP contribution < -0.4 is 4.74 Å². The molecule has 0 saturated carbocycles. The second-order valence-corrected chi connectivity index (χ2v) is 6.92. The van der Waals surface area contributed by atoms with Gasteiger partial charge in [0.05, 0.1) is 16.2 Å². The zero-order valence-electron chi connectivity index (χ0n) is 10.1. The molecule has 1 aromatic heterocycles. The fraction of sp³-hybridized carbons (Fsp3) is 0.300. The second kappa shape index (κ2) is 4.74. The molecule has 0 amide bonds. The van der Waals surface area contributed by atoms with E-state index in [4.69, 9.17) is 4.74 Å². The van der Waals surface area contributed by atoms with Crippen LogP contribution in [0.4, 0.5) is 5.69 Å². The van der Waals surface area contributed by atoms with Gasteiger partial charge < -0.3 is 4.74 Å². The standard InChI is InChI=1S/C10H10N2O5S2/c1-3-17-6-4-5-7-8(9(6)12(13)14)11-10(18-7)19(2,15)16/h4-5H,3H2,1-2H3. The van der Waals surface area contributed by atoms with E-state index in [-0.39, 0.29) is 27.9 Å². The lowest BCUT2D eigenvalue weighted by molar-refractivity contribution is -0.384. The van der Waals surface area contributed by atoms with Crippen molar-refractivity contribution in [1.82, 2.24) is 4.98 Å². The summed E-state index contributed by atoms with van der Waals surface area (Å²) in [6.45, 7) is 1.98. The zero-order valence-corrected chi connectivity index (χ0v) is 11.7. The normalized spacial score (nSPS) is 11.7. The first kappa shape index (κ1) is 13.7. The van der Waals surface area contributed by atoms with E-state index >= 15 is 0 Å². The van der Waals surface area contributed by atoms with Gasteiger partial charge in [-0.05, 0) is 19.1 Å². The minimum Gasteiger partial charge on any atom is -0.487 e. The molecule has 19 heavy (non-hydrogen) atoms. The van der Waals surface area contributed by atoms with Crippen LogP contribution in [-0.4, -0.2) is 31.2 Å². The van der Waals surface area contributed by atoms with Crippen molar-refractivity contribution >= 4 is 37.1 Å². The summed E-state index contributed by atoms with van der Waals surface area (Å²) in [5.41, 5.74) is -0.258. The molecule has 1 aromatic carbocycles. The van der Waals surface area contributed by atoms with Crippen LogP contribution in [0.15, 0.2) is 16.5 Å². The number of rotatable bonds is 4. The molecule has 0 N–H and O–H groups in total. The van der Waals surface area contributed by atoms with Crippen molar-refractivity contribution in [2.75, 3.05) is 12.9 Å². The van der Waals surface area contributed by atoms with Gasteiger partial charge in [0, 0.05) is 6.26 Å². The molecule has 0 radical (unpaired) electrons. The summed E-state index contributed by atoms with van der Waals surface area (Å²) in [5, 5.41) is 11.1. The summed E-state index contributed by atoms with van der Waals surface area (Å²) in [7, 11) is -3.49. The van der Waals surface area contributed by atoms with E-state index in [2.05, 4.69) is 4.98 Å². The molecule has 2 rings (SSSR count). The quantitative estimate of drug-likeness (QED) is 0.632. The van der Waals surface area contributed by atoms with Gasteiger partial charge in [0.2, 0.25) is 14.2 Å². The number of nitro benzene ring substituents is 1. The third-order valence-electron chi connectivity index (χ3n) is 2.28. The lowest BCUT2D eigenvalue weighted by atomic mass is 10.2. The average Bonchev–Trinajstić information content (AvgIpc) is 2.71. The first-order chi connectivity index (χ1) is 8.84. The fourth-order valence-corrected chi connectivity index (χ4v) is 3.38.